The Kier molecular flexibility index (Phi) is 4.04. The van der Waals surface area contributed by atoms with Crippen LogP contribution in [0.25, 0.3) is 0 Å². The molecular weight excluding hydrogens is 236 g/mol. The first-order valence-corrected chi connectivity index (χ1v) is 5.96. The summed E-state index contributed by atoms with van der Waals surface area (Å²) in [6.45, 7) is 3.10. The molecule has 1 heterocycles. The van der Waals surface area contributed by atoms with Crippen molar-refractivity contribution in [3.8, 4) is 11.5 Å². The van der Waals surface area contributed by atoms with E-state index in [0.717, 1.165) is 6.42 Å². The fourth-order valence-corrected chi connectivity index (χ4v) is 1.71. The molecule has 1 aliphatic heterocycles. The summed E-state index contributed by atoms with van der Waals surface area (Å²) in [6.07, 6.45) is -0.480. The third-order valence-electron chi connectivity index (χ3n) is 2.60. The van der Waals surface area contributed by atoms with Crippen LogP contribution in [0.1, 0.15) is 25.0 Å². The van der Waals surface area contributed by atoms with E-state index in [1.165, 1.54) is 0 Å². The molecule has 0 bridgehead atoms. The highest BCUT2D eigenvalue weighted by Crippen LogP contribution is 2.32. The second kappa shape index (κ2) is 5.73. The Morgan fingerprint density at radius 3 is 2.83 bits per heavy atom. The Morgan fingerprint density at radius 1 is 1.39 bits per heavy atom. The molecule has 0 saturated heterocycles. The summed E-state index contributed by atoms with van der Waals surface area (Å²) < 4.78 is 15.7. The maximum Gasteiger partial charge on any atom is 0.339 e. The Bertz CT molecular complexity index is 429. The molecule has 2 rings (SSSR count). The smallest absolute Gasteiger partial charge is 0.339 e. The number of carbonyl (C=O) groups is 1. The molecule has 0 spiro atoms. The molecule has 1 aliphatic rings. The highest BCUT2D eigenvalue weighted by atomic mass is 16.5. The lowest BCUT2D eigenvalue weighted by molar-refractivity contribution is -0.153. The number of ether oxygens (including phenoxy) is 3. The van der Waals surface area contributed by atoms with Crippen LogP contribution >= 0.6 is 0 Å². The Morgan fingerprint density at radius 2 is 2.11 bits per heavy atom. The number of hydrogen-bond acceptors (Lipinski definition) is 5. The summed E-state index contributed by atoms with van der Waals surface area (Å²) in [4.78, 5) is 11.4. The molecule has 18 heavy (non-hydrogen) atoms. The predicted molar refractivity (Wildman–Crippen MR) is 63.6 cm³/mol. The minimum absolute atomic E-state index is 0.237. The minimum atomic E-state index is -1.29. The molecule has 98 valence electrons. The summed E-state index contributed by atoms with van der Waals surface area (Å²) in [5.41, 5.74) is 0.442. The first kappa shape index (κ1) is 12.7. The van der Waals surface area contributed by atoms with E-state index < -0.39 is 12.1 Å². The van der Waals surface area contributed by atoms with Crippen molar-refractivity contribution < 1.29 is 24.1 Å². The Balaban J connectivity index is 2.19. The van der Waals surface area contributed by atoms with Crippen LogP contribution in [0.4, 0.5) is 0 Å². The molecule has 0 aliphatic carbocycles. The molecule has 1 aromatic rings. The monoisotopic (exact) mass is 252 g/mol. The highest BCUT2D eigenvalue weighted by molar-refractivity contribution is 5.76. The standard InChI is InChI=1S/C13H16O5/c1-2-16-13(15)12(14)9-4-5-10-11(8-9)18-7-3-6-17-10/h4-5,8,12,14H,2-3,6-7H2,1H3. The van der Waals surface area contributed by atoms with E-state index in [1.807, 2.05) is 0 Å². The third-order valence-corrected chi connectivity index (χ3v) is 2.60. The van der Waals surface area contributed by atoms with Crippen molar-refractivity contribution in [2.45, 2.75) is 19.4 Å². The largest absolute Gasteiger partial charge is 0.490 e. The first-order valence-electron chi connectivity index (χ1n) is 5.96. The Hall–Kier alpha value is -1.75. The number of esters is 1. The molecule has 5 heteroatoms. The zero-order valence-corrected chi connectivity index (χ0v) is 10.2. The number of carbonyl (C=O) groups excluding carboxylic acids is 1. The van der Waals surface area contributed by atoms with Gasteiger partial charge < -0.3 is 19.3 Å². The van der Waals surface area contributed by atoms with Crippen LogP contribution in [0, 0.1) is 0 Å². The van der Waals surface area contributed by atoms with Gasteiger partial charge in [-0.1, -0.05) is 6.07 Å². The van der Waals surface area contributed by atoms with Crippen LogP contribution in [0.2, 0.25) is 0 Å². The molecule has 5 nitrogen and oxygen atoms in total. The van der Waals surface area contributed by atoms with Crippen LogP contribution in [0.15, 0.2) is 18.2 Å². The average Bonchev–Trinajstić information content (AvgIpc) is 2.62. The van der Waals surface area contributed by atoms with E-state index in [9.17, 15) is 9.90 Å². The fraction of sp³-hybridized carbons (Fsp3) is 0.462. The molecule has 0 amide bonds. The van der Waals surface area contributed by atoms with Crippen LogP contribution in [-0.4, -0.2) is 30.9 Å². The maximum atomic E-state index is 11.4. The first-order chi connectivity index (χ1) is 8.72. The number of benzene rings is 1. The SMILES string of the molecule is CCOC(=O)C(O)c1ccc2c(c1)OCCCO2. The summed E-state index contributed by atoms with van der Waals surface area (Å²) in [7, 11) is 0. The second-order valence-corrected chi connectivity index (χ2v) is 3.91. The van der Waals surface area contributed by atoms with E-state index in [-0.39, 0.29) is 6.61 Å². The van der Waals surface area contributed by atoms with E-state index >= 15 is 0 Å². The molecule has 1 atom stereocenters. The second-order valence-electron chi connectivity index (χ2n) is 3.91. The lowest BCUT2D eigenvalue weighted by atomic mass is 10.1. The van der Waals surface area contributed by atoms with Crippen LogP contribution in [0.5, 0.6) is 11.5 Å². The van der Waals surface area contributed by atoms with Crippen molar-refractivity contribution in [3.05, 3.63) is 23.8 Å². The van der Waals surface area contributed by atoms with Gasteiger partial charge in [0.15, 0.2) is 17.6 Å². The van der Waals surface area contributed by atoms with Gasteiger partial charge in [-0.2, -0.15) is 0 Å². The predicted octanol–water partition coefficient (Wildman–Crippen LogP) is 1.44. The van der Waals surface area contributed by atoms with E-state index in [1.54, 1.807) is 25.1 Å². The van der Waals surface area contributed by atoms with Gasteiger partial charge in [0, 0.05) is 6.42 Å². The lowest BCUT2D eigenvalue weighted by Crippen LogP contribution is -2.15. The molecule has 0 saturated carbocycles. The number of aliphatic hydroxyl groups excluding tert-OH is 1. The third kappa shape index (κ3) is 2.73. The van der Waals surface area contributed by atoms with Crippen LogP contribution < -0.4 is 9.47 Å². The summed E-state index contributed by atoms with van der Waals surface area (Å²) in [6, 6.07) is 4.94. The van der Waals surface area contributed by atoms with Gasteiger partial charge in [0.25, 0.3) is 0 Å². The van der Waals surface area contributed by atoms with E-state index in [0.29, 0.717) is 30.3 Å². The van der Waals surface area contributed by atoms with Crippen LogP contribution in [0.3, 0.4) is 0 Å². The van der Waals surface area contributed by atoms with Crippen molar-refractivity contribution >= 4 is 5.97 Å². The minimum Gasteiger partial charge on any atom is -0.490 e. The molecule has 1 unspecified atom stereocenters. The molecule has 1 aromatic carbocycles. The topological polar surface area (TPSA) is 65.0 Å². The molecule has 0 radical (unpaired) electrons. The number of fused-ring (bicyclic) bond motifs is 1. The number of rotatable bonds is 3. The van der Waals surface area contributed by atoms with Gasteiger partial charge in [-0.3, -0.25) is 0 Å². The van der Waals surface area contributed by atoms with Crippen molar-refractivity contribution in [1.29, 1.82) is 0 Å². The van der Waals surface area contributed by atoms with Gasteiger partial charge in [-0.25, -0.2) is 4.79 Å². The van der Waals surface area contributed by atoms with Gasteiger partial charge in [0.1, 0.15) is 0 Å². The quantitative estimate of drug-likeness (QED) is 0.825. The molecular formula is C13H16O5. The summed E-state index contributed by atoms with van der Waals surface area (Å²) in [5.74, 6) is 0.521. The highest BCUT2D eigenvalue weighted by Gasteiger charge is 2.21. The maximum absolute atomic E-state index is 11.4. The van der Waals surface area contributed by atoms with Gasteiger partial charge in [-0.15, -0.1) is 0 Å². The number of aliphatic hydroxyl groups is 1. The normalized spacial score (nSPS) is 15.7. The van der Waals surface area contributed by atoms with Crippen molar-refractivity contribution in [1.82, 2.24) is 0 Å². The summed E-state index contributed by atoms with van der Waals surface area (Å²) >= 11 is 0. The van der Waals surface area contributed by atoms with Gasteiger partial charge in [0.2, 0.25) is 0 Å². The van der Waals surface area contributed by atoms with Gasteiger partial charge in [-0.05, 0) is 24.6 Å². The average molecular weight is 252 g/mol. The van der Waals surface area contributed by atoms with E-state index in [2.05, 4.69) is 0 Å². The van der Waals surface area contributed by atoms with Crippen molar-refractivity contribution in [2.75, 3.05) is 19.8 Å². The summed E-state index contributed by atoms with van der Waals surface area (Å²) in [5, 5.41) is 9.82. The molecule has 0 aromatic heterocycles. The lowest BCUT2D eigenvalue weighted by Gasteiger charge is -2.13. The van der Waals surface area contributed by atoms with Crippen LogP contribution in [-0.2, 0) is 9.53 Å². The molecule has 1 N–H and O–H groups in total. The van der Waals surface area contributed by atoms with E-state index in [4.69, 9.17) is 14.2 Å². The molecule has 0 fully saturated rings. The van der Waals surface area contributed by atoms with Gasteiger partial charge in [0.05, 0.1) is 19.8 Å². The fourth-order valence-electron chi connectivity index (χ4n) is 1.71. The zero-order valence-electron chi connectivity index (χ0n) is 10.2. The van der Waals surface area contributed by atoms with Crippen molar-refractivity contribution in [3.63, 3.8) is 0 Å². The number of hydrogen-bond donors (Lipinski definition) is 1. The Labute approximate surface area is 105 Å². The van der Waals surface area contributed by atoms with Gasteiger partial charge >= 0.3 is 5.97 Å². The van der Waals surface area contributed by atoms with Crippen molar-refractivity contribution in [2.24, 2.45) is 0 Å². The zero-order chi connectivity index (χ0) is 13.0.